The predicted molar refractivity (Wildman–Crippen MR) is 70.7 cm³/mol. The lowest BCUT2D eigenvalue weighted by atomic mass is 10.1. The number of nitrogens with two attached hydrogens (primary N) is 1. The molecule has 0 bridgehead atoms. The van der Waals surface area contributed by atoms with E-state index in [1.165, 1.54) is 25.7 Å². The first kappa shape index (κ1) is 14.4. The van der Waals surface area contributed by atoms with Gasteiger partial charge in [-0.25, -0.2) is 8.78 Å². The summed E-state index contributed by atoms with van der Waals surface area (Å²) in [6.45, 7) is 0.241. The zero-order valence-electron chi connectivity index (χ0n) is 11.1. The Kier molecular flexibility index (Phi) is 5.28. The van der Waals surface area contributed by atoms with E-state index in [1.807, 2.05) is 0 Å². The summed E-state index contributed by atoms with van der Waals surface area (Å²) < 4.78 is 32.4. The van der Waals surface area contributed by atoms with Crippen molar-refractivity contribution in [1.29, 1.82) is 0 Å². The number of rotatable bonds is 4. The van der Waals surface area contributed by atoms with Crippen molar-refractivity contribution in [2.24, 2.45) is 5.73 Å². The van der Waals surface area contributed by atoms with Gasteiger partial charge in [-0.3, -0.25) is 0 Å². The maximum absolute atomic E-state index is 13.5. The largest absolute Gasteiger partial charge is 0.376 e. The summed E-state index contributed by atoms with van der Waals surface area (Å²) in [4.78, 5) is 0. The SMILES string of the molecule is NC(COC1CCCCCC1)c1cc(F)ccc1F. The average Bonchev–Trinajstić information content (AvgIpc) is 2.67. The van der Waals surface area contributed by atoms with Gasteiger partial charge in [0, 0.05) is 5.56 Å². The number of hydrogen-bond acceptors (Lipinski definition) is 2. The van der Waals surface area contributed by atoms with Crippen LogP contribution in [0.1, 0.15) is 50.1 Å². The molecule has 0 aliphatic heterocycles. The Hall–Kier alpha value is -1.00. The monoisotopic (exact) mass is 269 g/mol. The Bertz CT molecular complexity index is 403. The van der Waals surface area contributed by atoms with Crippen molar-refractivity contribution in [3.8, 4) is 0 Å². The Morgan fingerprint density at radius 1 is 1.16 bits per heavy atom. The van der Waals surface area contributed by atoms with Crippen molar-refractivity contribution < 1.29 is 13.5 Å². The molecule has 1 fully saturated rings. The van der Waals surface area contributed by atoms with Crippen molar-refractivity contribution in [1.82, 2.24) is 0 Å². The van der Waals surface area contributed by atoms with Crippen LogP contribution in [0.2, 0.25) is 0 Å². The topological polar surface area (TPSA) is 35.2 Å². The fourth-order valence-electron chi connectivity index (χ4n) is 2.54. The van der Waals surface area contributed by atoms with Crippen LogP contribution in [0.15, 0.2) is 18.2 Å². The van der Waals surface area contributed by atoms with E-state index in [2.05, 4.69) is 0 Å². The Morgan fingerprint density at radius 3 is 2.53 bits per heavy atom. The summed E-state index contributed by atoms with van der Waals surface area (Å²) in [7, 11) is 0. The molecule has 0 aromatic heterocycles. The van der Waals surface area contributed by atoms with Gasteiger partial charge >= 0.3 is 0 Å². The van der Waals surface area contributed by atoms with Gasteiger partial charge in [-0.2, -0.15) is 0 Å². The molecule has 4 heteroatoms. The number of halogens is 2. The van der Waals surface area contributed by atoms with Crippen LogP contribution in [0.5, 0.6) is 0 Å². The molecule has 1 atom stereocenters. The molecule has 0 saturated heterocycles. The van der Waals surface area contributed by atoms with Crippen molar-refractivity contribution in [2.45, 2.75) is 50.7 Å². The molecule has 1 saturated carbocycles. The Labute approximate surface area is 112 Å². The summed E-state index contributed by atoms with van der Waals surface area (Å²) in [5.41, 5.74) is 6.08. The van der Waals surface area contributed by atoms with Gasteiger partial charge in [0.15, 0.2) is 0 Å². The zero-order chi connectivity index (χ0) is 13.7. The highest BCUT2D eigenvalue weighted by molar-refractivity contribution is 5.22. The van der Waals surface area contributed by atoms with E-state index in [4.69, 9.17) is 10.5 Å². The molecular weight excluding hydrogens is 248 g/mol. The minimum absolute atomic E-state index is 0.189. The van der Waals surface area contributed by atoms with Crippen LogP contribution >= 0.6 is 0 Å². The molecule has 0 radical (unpaired) electrons. The van der Waals surface area contributed by atoms with Crippen LogP contribution < -0.4 is 5.73 Å². The van der Waals surface area contributed by atoms with Gasteiger partial charge in [0.1, 0.15) is 11.6 Å². The highest BCUT2D eigenvalue weighted by atomic mass is 19.1. The smallest absolute Gasteiger partial charge is 0.128 e. The lowest BCUT2D eigenvalue weighted by Crippen LogP contribution is -2.23. The van der Waals surface area contributed by atoms with Crippen molar-refractivity contribution in [2.75, 3.05) is 6.61 Å². The Balaban J connectivity index is 1.89. The van der Waals surface area contributed by atoms with Gasteiger partial charge in [-0.05, 0) is 31.0 Å². The van der Waals surface area contributed by atoms with E-state index in [-0.39, 0.29) is 18.3 Å². The van der Waals surface area contributed by atoms with Crippen LogP contribution in [0.4, 0.5) is 8.78 Å². The van der Waals surface area contributed by atoms with E-state index in [1.54, 1.807) is 0 Å². The third-order valence-corrected chi connectivity index (χ3v) is 3.67. The summed E-state index contributed by atoms with van der Waals surface area (Å²) >= 11 is 0. The Morgan fingerprint density at radius 2 is 1.84 bits per heavy atom. The van der Waals surface area contributed by atoms with Crippen LogP contribution in [0.25, 0.3) is 0 Å². The first-order valence-corrected chi connectivity index (χ1v) is 6.99. The van der Waals surface area contributed by atoms with Gasteiger partial charge in [0.05, 0.1) is 18.8 Å². The van der Waals surface area contributed by atoms with Crippen molar-refractivity contribution in [3.05, 3.63) is 35.4 Å². The maximum atomic E-state index is 13.5. The van der Waals surface area contributed by atoms with E-state index < -0.39 is 17.7 Å². The van der Waals surface area contributed by atoms with Gasteiger partial charge in [-0.15, -0.1) is 0 Å². The van der Waals surface area contributed by atoms with E-state index in [9.17, 15) is 8.78 Å². The van der Waals surface area contributed by atoms with Crippen LogP contribution in [-0.2, 0) is 4.74 Å². The minimum atomic E-state index is -0.612. The summed E-state index contributed by atoms with van der Waals surface area (Å²) in [6, 6.07) is 2.74. The molecule has 106 valence electrons. The third-order valence-electron chi connectivity index (χ3n) is 3.67. The predicted octanol–water partition coefficient (Wildman–Crippen LogP) is 3.70. The molecule has 19 heavy (non-hydrogen) atoms. The van der Waals surface area contributed by atoms with Gasteiger partial charge in [0.2, 0.25) is 0 Å². The first-order chi connectivity index (χ1) is 9.16. The third kappa shape index (κ3) is 4.25. The molecule has 2 rings (SSSR count). The molecule has 1 unspecified atom stereocenters. The molecule has 1 aromatic rings. The van der Waals surface area contributed by atoms with Gasteiger partial charge < -0.3 is 10.5 Å². The number of benzene rings is 1. The highest BCUT2D eigenvalue weighted by Crippen LogP contribution is 2.22. The highest BCUT2D eigenvalue weighted by Gasteiger charge is 2.17. The van der Waals surface area contributed by atoms with Crippen molar-refractivity contribution >= 4 is 0 Å². The van der Waals surface area contributed by atoms with Gasteiger partial charge in [0.25, 0.3) is 0 Å². The van der Waals surface area contributed by atoms with Crippen LogP contribution in [0.3, 0.4) is 0 Å². The molecule has 2 N–H and O–H groups in total. The second-order valence-electron chi connectivity index (χ2n) is 5.22. The standard InChI is InChI=1S/C15H21F2NO/c16-11-7-8-14(17)13(9-11)15(18)10-19-12-5-3-1-2-4-6-12/h7-9,12,15H,1-6,10,18H2. The van der Waals surface area contributed by atoms with E-state index in [0.29, 0.717) is 0 Å². The lowest BCUT2D eigenvalue weighted by molar-refractivity contribution is 0.0340. The maximum Gasteiger partial charge on any atom is 0.128 e. The van der Waals surface area contributed by atoms with Crippen molar-refractivity contribution in [3.63, 3.8) is 0 Å². The zero-order valence-corrected chi connectivity index (χ0v) is 11.1. The second-order valence-corrected chi connectivity index (χ2v) is 5.22. The fourth-order valence-corrected chi connectivity index (χ4v) is 2.54. The molecule has 0 amide bonds. The molecule has 2 nitrogen and oxygen atoms in total. The van der Waals surface area contributed by atoms with E-state index >= 15 is 0 Å². The quantitative estimate of drug-likeness (QED) is 0.846. The minimum Gasteiger partial charge on any atom is -0.376 e. The average molecular weight is 269 g/mol. The molecule has 1 aromatic carbocycles. The van der Waals surface area contributed by atoms with Crippen LogP contribution in [0, 0.1) is 11.6 Å². The first-order valence-electron chi connectivity index (χ1n) is 6.99. The van der Waals surface area contributed by atoms with Crippen LogP contribution in [-0.4, -0.2) is 12.7 Å². The van der Waals surface area contributed by atoms with Gasteiger partial charge in [-0.1, -0.05) is 25.7 Å². The summed E-state index contributed by atoms with van der Waals surface area (Å²) in [5.74, 6) is -0.945. The normalized spacial score (nSPS) is 19.1. The summed E-state index contributed by atoms with van der Waals surface area (Å²) in [6.07, 6.45) is 7.15. The molecule has 1 aliphatic carbocycles. The number of hydrogen-bond donors (Lipinski definition) is 1. The fraction of sp³-hybridized carbons (Fsp3) is 0.600. The molecule has 0 spiro atoms. The molecule has 1 aliphatic rings. The van der Waals surface area contributed by atoms with E-state index in [0.717, 1.165) is 31.0 Å². The molecule has 0 heterocycles. The lowest BCUT2D eigenvalue weighted by Gasteiger charge is -2.19. The number of ether oxygens (including phenoxy) is 1. The molecular formula is C15H21F2NO. The summed E-state index contributed by atoms with van der Waals surface area (Å²) in [5, 5.41) is 0. The second kappa shape index (κ2) is 6.96.